The average molecular weight is 488 g/mol. The number of ether oxygens (including phenoxy) is 3. The fourth-order valence-electron chi connectivity index (χ4n) is 4.76. The van der Waals surface area contributed by atoms with Gasteiger partial charge in [-0.05, 0) is 64.1 Å². The Labute approximate surface area is 205 Å². The lowest BCUT2D eigenvalue weighted by atomic mass is 9.87. The molecule has 0 aliphatic carbocycles. The molecule has 0 saturated carbocycles. The Kier molecular flexibility index (Phi) is 4.66. The van der Waals surface area contributed by atoms with Crippen LogP contribution in [0.3, 0.4) is 0 Å². The first-order valence-electron chi connectivity index (χ1n) is 11.6. The topological polar surface area (TPSA) is 108 Å². The molecule has 2 aliphatic heterocycles. The van der Waals surface area contributed by atoms with E-state index < -0.39 is 34.7 Å². The zero-order chi connectivity index (χ0) is 25.4. The lowest BCUT2D eigenvalue weighted by Crippen LogP contribution is -2.50. The fourth-order valence-corrected chi connectivity index (χ4v) is 4.76. The molecule has 184 valence electrons. The van der Waals surface area contributed by atoms with E-state index in [1.165, 1.54) is 12.1 Å². The molecule has 0 fully saturated rings. The minimum absolute atomic E-state index is 0.272. The van der Waals surface area contributed by atoms with Crippen LogP contribution < -0.4 is 25.5 Å². The normalized spacial score (nSPS) is 21.4. The van der Waals surface area contributed by atoms with Crippen LogP contribution in [0.2, 0.25) is 0 Å². The van der Waals surface area contributed by atoms with Crippen LogP contribution in [0.15, 0.2) is 67.0 Å². The molecule has 0 saturated heterocycles. The number of aliphatic hydroxyl groups excluding tert-OH is 1. The molecule has 1 N–H and O–H groups in total. The van der Waals surface area contributed by atoms with Gasteiger partial charge < -0.3 is 28.2 Å². The molecular weight excluding hydrogens is 464 g/mol. The standard InChI is InChI=1S/C28H24O8/c1-27(2)12-11-16-19(35-27)13-18(15-7-10-21(30)34-24(15)16)32-25-22-17(36-28(3,4)26(25)31)8-5-14-6-9-20(29)33-23(14)22/h5-13,25-26,31H,1-4H3. The van der Waals surface area contributed by atoms with Gasteiger partial charge in [0.2, 0.25) is 0 Å². The van der Waals surface area contributed by atoms with Crippen molar-refractivity contribution in [2.45, 2.75) is 51.1 Å². The third-order valence-corrected chi connectivity index (χ3v) is 6.59. The summed E-state index contributed by atoms with van der Waals surface area (Å²) < 4.78 is 29.8. The van der Waals surface area contributed by atoms with Crippen molar-refractivity contribution in [1.29, 1.82) is 0 Å². The van der Waals surface area contributed by atoms with Crippen molar-refractivity contribution in [2.24, 2.45) is 0 Å². The van der Waals surface area contributed by atoms with Gasteiger partial charge in [-0.3, -0.25) is 0 Å². The summed E-state index contributed by atoms with van der Waals surface area (Å²) in [4.78, 5) is 24.2. The summed E-state index contributed by atoms with van der Waals surface area (Å²) in [6.07, 6.45) is 1.63. The van der Waals surface area contributed by atoms with Crippen molar-refractivity contribution in [3.05, 3.63) is 80.5 Å². The van der Waals surface area contributed by atoms with Gasteiger partial charge in [0, 0.05) is 23.6 Å². The molecule has 8 heteroatoms. The third-order valence-electron chi connectivity index (χ3n) is 6.59. The lowest BCUT2D eigenvalue weighted by Gasteiger charge is -2.42. The van der Waals surface area contributed by atoms with E-state index >= 15 is 0 Å². The maximum absolute atomic E-state index is 12.1. The number of rotatable bonds is 2. The first kappa shape index (κ1) is 22.4. The Morgan fingerprint density at radius 3 is 2.33 bits per heavy atom. The van der Waals surface area contributed by atoms with Gasteiger partial charge in [-0.1, -0.05) is 0 Å². The quantitative estimate of drug-likeness (QED) is 0.403. The van der Waals surface area contributed by atoms with E-state index in [1.807, 2.05) is 26.0 Å². The Hall–Kier alpha value is -4.04. The summed E-state index contributed by atoms with van der Waals surface area (Å²) >= 11 is 0. The highest BCUT2D eigenvalue weighted by molar-refractivity contribution is 5.94. The molecule has 36 heavy (non-hydrogen) atoms. The smallest absolute Gasteiger partial charge is 0.336 e. The summed E-state index contributed by atoms with van der Waals surface area (Å²) in [6, 6.07) is 11.2. The van der Waals surface area contributed by atoms with E-state index in [0.717, 1.165) is 0 Å². The molecule has 2 unspecified atom stereocenters. The van der Waals surface area contributed by atoms with Gasteiger partial charge in [-0.15, -0.1) is 0 Å². The van der Waals surface area contributed by atoms with Crippen molar-refractivity contribution in [2.75, 3.05) is 0 Å². The molecule has 4 heterocycles. The average Bonchev–Trinajstić information content (AvgIpc) is 2.80. The predicted molar refractivity (Wildman–Crippen MR) is 133 cm³/mol. The Morgan fingerprint density at radius 2 is 1.56 bits per heavy atom. The molecule has 0 spiro atoms. The number of hydrogen-bond acceptors (Lipinski definition) is 8. The fraction of sp³-hybridized carbons (Fsp3) is 0.286. The van der Waals surface area contributed by atoms with Crippen molar-refractivity contribution in [3.63, 3.8) is 0 Å². The first-order valence-corrected chi connectivity index (χ1v) is 11.6. The predicted octanol–water partition coefficient (Wildman–Crippen LogP) is 4.74. The van der Waals surface area contributed by atoms with Crippen LogP contribution in [0.4, 0.5) is 0 Å². The highest BCUT2D eigenvalue weighted by Crippen LogP contribution is 2.48. The minimum atomic E-state index is -1.14. The first-order chi connectivity index (χ1) is 17.0. The summed E-state index contributed by atoms with van der Waals surface area (Å²) in [5, 5.41) is 12.6. The lowest BCUT2D eigenvalue weighted by molar-refractivity contribution is -0.102. The van der Waals surface area contributed by atoms with Crippen molar-refractivity contribution in [3.8, 4) is 17.2 Å². The van der Waals surface area contributed by atoms with Gasteiger partial charge in [0.15, 0.2) is 11.7 Å². The van der Waals surface area contributed by atoms with E-state index in [9.17, 15) is 14.7 Å². The van der Waals surface area contributed by atoms with Crippen LogP contribution in [0.1, 0.15) is 44.9 Å². The number of benzene rings is 2. The van der Waals surface area contributed by atoms with Gasteiger partial charge in [0.1, 0.15) is 40.1 Å². The maximum Gasteiger partial charge on any atom is 0.336 e. The van der Waals surface area contributed by atoms with Gasteiger partial charge in [0.05, 0.1) is 16.5 Å². The highest BCUT2D eigenvalue weighted by Gasteiger charge is 2.46. The largest absolute Gasteiger partial charge is 0.484 e. The van der Waals surface area contributed by atoms with Crippen LogP contribution >= 0.6 is 0 Å². The van der Waals surface area contributed by atoms with Crippen molar-refractivity contribution >= 4 is 28.0 Å². The monoisotopic (exact) mass is 488 g/mol. The van der Waals surface area contributed by atoms with E-state index in [-0.39, 0.29) is 5.58 Å². The van der Waals surface area contributed by atoms with Crippen LogP contribution in [0.5, 0.6) is 17.2 Å². The third kappa shape index (κ3) is 3.48. The maximum atomic E-state index is 12.1. The van der Waals surface area contributed by atoms with Crippen LogP contribution in [-0.2, 0) is 0 Å². The zero-order valence-corrected chi connectivity index (χ0v) is 20.2. The minimum Gasteiger partial charge on any atom is -0.484 e. The van der Waals surface area contributed by atoms with E-state index in [0.29, 0.717) is 44.7 Å². The molecule has 6 rings (SSSR count). The van der Waals surface area contributed by atoms with E-state index in [2.05, 4.69) is 0 Å². The molecule has 4 aromatic rings. The molecular formula is C28H24O8. The second kappa shape index (κ2) is 7.48. The van der Waals surface area contributed by atoms with Crippen molar-refractivity contribution in [1.82, 2.24) is 0 Å². The summed E-state index contributed by atoms with van der Waals surface area (Å²) in [7, 11) is 0. The number of aliphatic hydroxyl groups is 1. The van der Waals surface area contributed by atoms with Gasteiger partial charge in [-0.25, -0.2) is 9.59 Å². The molecule has 0 bridgehead atoms. The van der Waals surface area contributed by atoms with Gasteiger partial charge in [-0.2, -0.15) is 0 Å². The van der Waals surface area contributed by atoms with E-state index in [4.69, 9.17) is 23.0 Å². The molecule has 2 aromatic heterocycles. The van der Waals surface area contributed by atoms with Crippen LogP contribution in [0, 0.1) is 0 Å². The SMILES string of the molecule is CC1(C)C=Cc2c(cc(OC3c4c(ccc5ccc(=O)oc45)OC(C)(C)C3O)c3ccc(=O)oc23)O1. The zero-order valence-electron chi connectivity index (χ0n) is 20.2. The van der Waals surface area contributed by atoms with Gasteiger partial charge >= 0.3 is 11.3 Å². The second-order valence-electron chi connectivity index (χ2n) is 10.2. The molecule has 8 nitrogen and oxygen atoms in total. The Bertz CT molecular complexity index is 1690. The summed E-state index contributed by atoms with van der Waals surface area (Å²) in [5.74, 6) is 1.25. The van der Waals surface area contributed by atoms with Crippen LogP contribution in [0.25, 0.3) is 28.0 Å². The molecule has 2 atom stereocenters. The molecule has 2 aliphatic rings. The molecule has 0 amide bonds. The number of fused-ring (bicyclic) bond motifs is 6. The molecule has 2 aromatic carbocycles. The Balaban J connectivity index is 1.59. The second-order valence-corrected chi connectivity index (χ2v) is 10.2. The van der Waals surface area contributed by atoms with Crippen LogP contribution in [-0.4, -0.2) is 22.4 Å². The molecule has 0 radical (unpaired) electrons. The number of hydrogen-bond donors (Lipinski definition) is 1. The summed E-state index contributed by atoms with van der Waals surface area (Å²) in [5.41, 5.74) is -1.01. The summed E-state index contributed by atoms with van der Waals surface area (Å²) in [6.45, 7) is 7.33. The van der Waals surface area contributed by atoms with Gasteiger partial charge in [0.25, 0.3) is 0 Å². The van der Waals surface area contributed by atoms with Crippen molar-refractivity contribution < 1.29 is 28.2 Å². The Morgan fingerprint density at radius 1 is 0.861 bits per heavy atom. The van der Waals surface area contributed by atoms with E-state index in [1.54, 1.807) is 44.2 Å². The highest BCUT2D eigenvalue weighted by atomic mass is 16.5.